The average Bonchev–Trinajstić information content (AvgIpc) is 2.79. The second kappa shape index (κ2) is 4.13. The van der Waals surface area contributed by atoms with Gasteiger partial charge in [0.25, 0.3) is 5.91 Å². The first kappa shape index (κ1) is 10.9. The molecule has 0 bridgehead atoms. The number of carbonyl (C=O) groups is 1. The van der Waals surface area contributed by atoms with Crippen molar-refractivity contribution in [3.63, 3.8) is 0 Å². The van der Waals surface area contributed by atoms with Crippen molar-refractivity contribution in [2.24, 2.45) is 0 Å². The molecule has 2 aromatic heterocycles. The van der Waals surface area contributed by atoms with E-state index in [0.29, 0.717) is 16.1 Å². The highest BCUT2D eigenvalue weighted by Gasteiger charge is 2.15. The lowest BCUT2D eigenvalue weighted by atomic mass is 10.2. The molecule has 16 heavy (non-hydrogen) atoms. The number of nitrogens with one attached hydrogen (secondary N) is 2. The number of anilines is 1. The summed E-state index contributed by atoms with van der Waals surface area (Å²) in [6.07, 6.45) is 1.45. The lowest BCUT2D eigenvalue weighted by molar-refractivity contribution is 0.102. The van der Waals surface area contributed by atoms with Crippen molar-refractivity contribution in [3.8, 4) is 0 Å². The molecule has 0 saturated carbocycles. The van der Waals surface area contributed by atoms with Gasteiger partial charge in [0.2, 0.25) is 0 Å². The molecule has 0 aliphatic carbocycles. The summed E-state index contributed by atoms with van der Waals surface area (Å²) in [5.74, 6) is 0.283. The fourth-order valence-corrected chi connectivity index (χ4v) is 1.66. The summed E-state index contributed by atoms with van der Waals surface area (Å²) in [5.41, 5.74) is 2.30. The Hall–Kier alpha value is -1.56. The number of rotatable bonds is 2. The van der Waals surface area contributed by atoms with Crippen molar-refractivity contribution < 1.29 is 9.21 Å². The quantitative estimate of drug-likeness (QED) is 0.890. The van der Waals surface area contributed by atoms with Gasteiger partial charge in [-0.25, -0.2) is 0 Å². The number of furan rings is 1. The molecule has 5 nitrogen and oxygen atoms in total. The summed E-state index contributed by atoms with van der Waals surface area (Å²) in [6, 6.07) is 1.59. The number of carbonyl (C=O) groups excluding carboxylic acids is 1. The number of aromatic amines is 1. The van der Waals surface area contributed by atoms with E-state index in [4.69, 9.17) is 4.42 Å². The molecule has 2 heterocycles. The van der Waals surface area contributed by atoms with Gasteiger partial charge < -0.3 is 9.73 Å². The second-order valence-corrected chi connectivity index (χ2v) is 4.10. The van der Waals surface area contributed by atoms with Gasteiger partial charge in [0.15, 0.2) is 10.5 Å². The van der Waals surface area contributed by atoms with Crippen LogP contribution in [0.3, 0.4) is 0 Å². The predicted molar refractivity (Wildman–Crippen MR) is 62.4 cm³/mol. The zero-order chi connectivity index (χ0) is 11.7. The molecular formula is C10H10BrN3O2. The molecule has 0 aliphatic rings. The van der Waals surface area contributed by atoms with Crippen LogP contribution < -0.4 is 5.32 Å². The van der Waals surface area contributed by atoms with E-state index in [9.17, 15) is 4.79 Å². The maximum absolute atomic E-state index is 11.8. The van der Waals surface area contributed by atoms with E-state index in [1.54, 1.807) is 6.07 Å². The van der Waals surface area contributed by atoms with Gasteiger partial charge >= 0.3 is 0 Å². The molecular weight excluding hydrogens is 274 g/mol. The van der Waals surface area contributed by atoms with Gasteiger partial charge in [0.1, 0.15) is 0 Å². The Labute approximate surface area is 100 Å². The summed E-state index contributed by atoms with van der Waals surface area (Å²) in [7, 11) is 0. The fraction of sp³-hybridized carbons (Fsp3) is 0.200. The van der Waals surface area contributed by atoms with Crippen LogP contribution in [0.2, 0.25) is 0 Å². The Kier molecular flexibility index (Phi) is 2.82. The van der Waals surface area contributed by atoms with E-state index in [-0.39, 0.29) is 5.91 Å². The first-order valence-corrected chi connectivity index (χ1v) is 5.45. The average molecular weight is 284 g/mol. The molecule has 0 atom stereocenters. The Morgan fingerprint density at radius 1 is 1.56 bits per heavy atom. The molecule has 0 radical (unpaired) electrons. The fourth-order valence-electron chi connectivity index (χ4n) is 1.24. The number of hydrogen-bond donors (Lipinski definition) is 2. The minimum absolute atomic E-state index is 0.254. The van der Waals surface area contributed by atoms with Crippen LogP contribution in [-0.4, -0.2) is 16.1 Å². The van der Waals surface area contributed by atoms with Crippen LogP contribution in [0.25, 0.3) is 0 Å². The first-order chi connectivity index (χ1) is 7.59. The van der Waals surface area contributed by atoms with Gasteiger partial charge in [-0.15, -0.1) is 0 Å². The molecule has 84 valence electrons. The zero-order valence-electron chi connectivity index (χ0n) is 8.80. The topological polar surface area (TPSA) is 70.9 Å². The van der Waals surface area contributed by atoms with Gasteiger partial charge in [0, 0.05) is 11.3 Å². The number of H-pyrrole nitrogens is 1. The summed E-state index contributed by atoms with van der Waals surface area (Å²) in [4.78, 5) is 11.8. The van der Waals surface area contributed by atoms with Gasteiger partial charge in [-0.05, 0) is 35.8 Å². The molecule has 0 saturated heterocycles. The van der Waals surface area contributed by atoms with Crippen molar-refractivity contribution in [1.29, 1.82) is 0 Å². The van der Waals surface area contributed by atoms with Crippen LogP contribution in [0.15, 0.2) is 21.4 Å². The van der Waals surface area contributed by atoms with E-state index in [1.807, 2.05) is 13.8 Å². The number of aromatic nitrogens is 2. The van der Waals surface area contributed by atoms with Crippen molar-refractivity contribution in [2.75, 3.05) is 5.32 Å². The van der Waals surface area contributed by atoms with Crippen LogP contribution in [0.5, 0.6) is 0 Å². The minimum Gasteiger partial charge on any atom is -0.457 e. The van der Waals surface area contributed by atoms with E-state index in [2.05, 4.69) is 31.4 Å². The smallest absolute Gasteiger partial charge is 0.261 e. The normalized spacial score (nSPS) is 10.4. The number of amides is 1. The molecule has 6 heteroatoms. The van der Waals surface area contributed by atoms with E-state index < -0.39 is 0 Å². The molecule has 0 unspecified atom stereocenters. The molecule has 0 aliphatic heterocycles. The van der Waals surface area contributed by atoms with Crippen LogP contribution in [0.4, 0.5) is 5.82 Å². The molecule has 2 aromatic rings. The number of halogens is 1. The van der Waals surface area contributed by atoms with Crippen molar-refractivity contribution in [2.45, 2.75) is 13.8 Å². The Bertz CT molecular complexity index is 530. The molecule has 1 amide bonds. The highest BCUT2D eigenvalue weighted by molar-refractivity contribution is 9.10. The van der Waals surface area contributed by atoms with Crippen molar-refractivity contribution in [3.05, 3.63) is 33.8 Å². The highest BCUT2D eigenvalue weighted by atomic mass is 79.9. The summed E-state index contributed by atoms with van der Waals surface area (Å²) in [5, 5.41) is 9.50. The standard InChI is InChI=1S/C10H10BrN3O2/c1-5-6(2)13-14-9(5)12-10(15)7-3-4-16-8(7)11/h3-4H,1-2H3,(H2,12,13,14,15). The Morgan fingerprint density at radius 3 is 2.81 bits per heavy atom. The zero-order valence-corrected chi connectivity index (χ0v) is 10.4. The maximum atomic E-state index is 11.8. The van der Waals surface area contributed by atoms with Gasteiger partial charge in [-0.2, -0.15) is 5.10 Å². The van der Waals surface area contributed by atoms with Crippen LogP contribution in [0, 0.1) is 13.8 Å². The van der Waals surface area contributed by atoms with E-state index in [1.165, 1.54) is 6.26 Å². The van der Waals surface area contributed by atoms with E-state index >= 15 is 0 Å². The lowest BCUT2D eigenvalue weighted by Gasteiger charge is -2.00. The predicted octanol–water partition coefficient (Wildman–Crippen LogP) is 2.63. The third kappa shape index (κ3) is 1.88. The van der Waals surface area contributed by atoms with Crippen molar-refractivity contribution in [1.82, 2.24) is 10.2 Å². The SMILES string of the molecule is Cc1[nH]nc(NC(=O)c2ccoc2Br)c1C. The number of nitrogens with zero attached hydrogens (tertiary/aromatic N) is 1. The Balaban J connectivity index is 2.20. The summed E-state index contributed by atoms with van der Waals surface area (Å²) in [6.45, 7) is 3.78. The number of aryl methyl sites for hydroxylation is 1. The molecule has 0 fully saturated rings. The van der Waals surface area contributed by atoms with Gasteiger partial charge in [0.05, 0.1) is 11.8 Å². The lowest BCUT2D eigenvalue weighted by Crippen LogP contribution is -2.12. The molecule has 0 aromatic carbocycles. The largest absolute Gasteiger partial charge is 0.457 e. The van der Waals surface area contributed by atoms with Gasteiger partial charge in [-0.3, -0.25) is 9.89 Å². The molecule has 2 rings (SSSR count). The van der Waals surface area contributed by atoms with Gasteiger partial charge in [-0.1, -0.05) is 0 Å². The Morgan fingerprint density at radius 2 is 2.31 bits per heavy atom. The van der Waals surface area contributed by atoms with Crippen LogP contribution in [0.1, 0.15) is 21.6 Å². The molecule has 2 N–H and O–H groups in total. The monoisotopic (exact) mass is 283 g/mol. The highest BCUT2D eigenvalue weighted by Crippen LogP contribution is 2.20. The number of hydrogen-bond acceptors (Lipinski definition) is 3. The second-order valence-electron chi connectivity index (χ2n) is 3.38. The third-order valence-corrected chi connectivity index (χ3v) is 2.96. The summed E-state index contributed by atoms with van der Waals surface area (Å²) >= 11 is 3.15. The maximum Gasteiger partial charge on any atom is 0.261 e. The van der Waals surface area contributed by atoms with E-state index in [0.717, 1.165) is 11.3 Å². The minimum atomic E-state index is -0.254. The van der Waals surface area contributed by atoms with Crippen LogP contribution >= 0.6 is 15.9 Å². The van der Waals surface area contributed by atoms with Crippen LogP contribution in [-0.2, 0) is 0 Å². The molecule has 0 spiro atoms. The first-order valence-electron chi connectivity index (χ1n) is 4.65. The summed E-state index contributed by atoms with van der Waals surface area (Å²) < 4.78 is 5.40. The third-order valence-electron chi connectivity index (χ3n) is 2.35. The van der Waals surface area contributed by atoms with Crippen molar-refractivity contribution >= 4 is 27.7 Å².